The maximum absolute atomic E-state index is 5.41. The Hall–Kier alpha value is -9.06. The first-order valence-corrected chi connectivity index (χ1v) is 22.5. The fourth-order valence-corrected chi connectivity index (χ4v) is 9.16. The van der Waals surface area contributed by atoms with E-state index in [2.05, 4.69) is 223 Å². The van der Waals surface area contributed by atoms with Gasteiger partial charge in [0, 0.05) is 38.8 Å². The fraction of sp³-hybridized carbons (Fsp3) is 0. The first kappa shape index (κ1) is 39.5. The zero-order valence-electron chi connectivity index (χ0n) is 36.4. The van der Waals surface area contributed by atoms with E-state index in [1.807, 2.05) is 30.3 Å². The van der Waals surface area contributed by atoms with Crippen molar-refractivity contribution in [3.63, 3.8) is 0 Å². The second kappa shape index (κ2) is 17.1. The zero-order valence-corrected chi connectivity index (χ0v) is 36.4. The molecular formula is C62H41N5. The molecule has 0 saturated carbocycles. The summed E-state index contributed by atoms with van der Waals surface area (Å²) in [5.41, 5.74) is 16.7. The molecule has 0 aliphatic carbocycles. The number of fused-ring (bicyclic) bond motifs is 3. The minimum atomic E-state index is 0.603. The van der Waals surface area contributed by atoms with E-state index < -0.39 is 0 Å². The Labute approximate surface area is 389 Å². The SMILES string of the molecule is c1ccc(-c2cc(-c3ccccc3)cc(-c3nc(-c4ccccc4)nc(-c4cccc(-c5ccc6c(c5)cc(-c5ccccc5)n5nc(-c7ccccc7)c(-c7ccccc7)c65)c4)n3)c2)cc1. The van der Waals surface area contributed by atoms with E-state index in [9.17, 15) is 0 Å². The minimum absolute atomic E-state index is 0.603. The highest BCUT2D eigenvalue weighted by Crippen LogP contribution is 2.42. The van der Waals surface area contributed by atoms with E-state index in [4.69, 9.17) is 20.1 Å². The van der Waals surface area contributed by atoms with Crippen LogP contribution in [-0.2, 0) is 0 Å². The van der Waals surface area contributed by atoms with Crippen molar-refractivity contribution in [3.05, 3.63) is 249 Å². The second-order valence-corrected chi connectivity index (χ2v) is 16.7. The average Bonchev–Trinajstić information content (AvgIpc) is 3.83. The first-order chi connectivity index (χ1) is 33.2. The predicted molar refractivity (Wildman–Crippen MR) is 275 cm³/mol. The molecule has 9 aromatic carbocycles. The van der Waals surface area contributed by atoms with E-state index in [1.165, 1.54) is 0 Å². The lowest BCUT2D eigenvalue weighted by atomic mass is 9.95. The molecule has 0 aliphatic rings. The molecule has 0 fully saturated rings. The van der Waals surface area contributed by atoms with Gasteiger partial charge in [-0.3, -0.25) is 0 Å². The predicted octanol–water partition coefficient (Wildman–Crippen LogP) is 15.7. The maximum atomic E-state index is 5.41. The largest absolute Gasteiger partial charge is 0.231 e. The first-order valence-electron chi connectivity index (χ1n) is 22.5. The molecule has 3 heterocycles. The molecule has 67 heavy (non-hydrogen) atoms. The summed E-state index contributed by atoms with van der Waals surface area (Å²) in [6.45, 7) is 0. The number of rotatable bonds is 9. The monoisotopic (exact) mass is 855 g/mol. The van der Waals surface area contributed by atoms with Crippen LogP contribution in [0.2, 0.25) is 0 Å². The van der Waals surface area contributed by atoms with E-state index in [1.54, 1.807) is 0 Å². The summed E-state index contributed by atoms with van der Waals surface area (Å²) in [6.07, 6.45) is 0. The van der Waals surface area contributed by atoms with E-state index >= 15 is 0 Å². The molecule has 0 atom stereocenters. The van der Waals surface area contributed by atoms with Gasteiger partial charge in [-0.05, 0) is 80.7 Å². The van der Waals surface area contributed by atoms with Crippen molar-refractivity contribution in [1.29, 1.82) is 0 Å². The van der Waals surface area contributed by atoms with Gasteiger partial charge in [-0.15, -0.1) is 0 Å². The summed E-state index contributed by atoms with van der Waals surface area (Å²) in [5.74, 6) is 1.83. The number of hydrogen-bond acceptors (Lipinski definition) is 4. The van der Waals surface area contributed by atoms with Crippen molar-refractivity contribution in [3.8, 4) is 101 Å². The third kappa shape index (κ3) is 7.64. The highest BCUT2D eigenvalue weighted by atomic mass is 15.2. The summed E-state index contributed by atoms with van der Waals surface area (Å²) < 4.78 is 2.14. The van der Waals surface area contributed by atoms with Crippen LogP contribution in [0.4, 0.5) is 0 Å². The van der Waals surface area contributed by atoms with Crippen molar-refractivity contribution >= 4 is 16.3 Å². The van der Waals surface area contributed by atoms with Gasteiger partial charge in [-0.2, -0.15) is 5.10 Å². The Balaban J connectivity index is 1.03. The molecule has 0 unspecified atom stereocenters. The van der Waals surface area contributed by atoms with Crippen molar-refractivity contribution in [2.24, 2.45) is 0 Å². The Morgan fingerprint density at radius 2 is 0.687 bits per heavy atom. The molecule has 5 heteroatoms. The van der Waals surface area contributed by atoms with Gasteiger partial charge in [-0.25, -0.2) is 19.5 Å². The molecule has 3 aromatic heterocycles. The third-order valence-corrected chi connectivity index (χ3v) is 12.4. The number of pyridine rings is 1. The van der Waals surface area contributed by atoms with Gasteiger partial charge in [0.15, 0.2) is 17.5 Å². The molecule has 12 rings (SSSR count). The van der Waals surface area contributed by atoms with Crippen LogP contribution in [0.25, 0.3) is 117 Å². The van der Waals surface area contributed by atoms with Gasteiger partial charge >= 0.3 is 0 Å². The van der Waals surface area contributed by atoms with Crippen LogP contribution in [0, 0.1) is 0 Å². The van der Waals surface area contributed by atoms with Crippen molar-refractivity contribution in [2.45, 2.75) is 0 Å². The van der Waals surface area contributed by atoms with Gasteiger partial charge in [0.1, 0.15) is 5.69 Å². The lowest BCUT2D eigenvalue weighted by Crippen LogP contribution is -2.00. The number of nitrogens with zero attached hydrogens (tertiary/aromatic N) is 5. The van der Waals surface area contributed by atoms with Crippen LogP contribution in [-0.4, -0.2) is 24.6 Å². The van der Waals surface area contributed by atoms with E-state index in [0.717, 1.165) is 100 Å². The van der Waals surface area contributed by atoms with Crippen LogP contribution in [0.15, 0.2) is 249 Å². The molecule has 314 valence electrons. The van der Waals surface area contributed by atoms with Gasteiger partial charge in [-0.1, -0.05) is 212 Å². The summed E-state index contributed by atoms with van der Waals surface area (Å²) in [4.78, 5) is 15.6. The van der Waals surface area contributed by atoms with Crippen LogP contribution in [0.1, 0.15) is 0 Å². The number of benzene rings is 9. The molecule has 0 saturated heterocycles. The van der Waals surface area contributed by atoms with E-state index in [0.29, 0.717) is 17.5 Å². The van der Waals surface area contributed by atoms with Crippen molar-refractivity contribution < 1.29 is 0 Å². The Morgan fingerprint density at radius 1 is 0.269 bits per heavy atom. The van der Waals surface area contributed by atoms with Crippen LogP contribution >= 0.6 is 0 Å². The Bertz CT molecular complexity index is 3650. The standard InChI is InChI=1S/C62H41N5/c1-7-20-42(21-8-1)51-38-52(43-22-9-2-10-23-43)40-54(39-51)62-64-60(47-30-17-6-18-31-47)63-61(65-62)50-33-19-32-48(36-50)49-34-35-55-53(37-49)41-56(44-24-11-3-12-25-44)67-59(55)57(45-26-13-4-14-27-45)58(66-67)46-28-15-5-16-29-46/h1-41H. The highest BCUT2D eigenvalue weighted by Gasteiger charge is 2.22. The minimum Gasteiger partial charge on any atom is -0.231 e. The highest BCUT2D eigenvalue weighted by molar-refractivity contribution is 6.09. The molecule has 0 bridgehead atoms. The summed E-state index contributed by atoms with van der Waals surface area (Å²) in [6, 6.07) is 87.1. The van der Waals surface area contributed by atoms with Gasteiger partial charge in [0.2, 0.25) is 0 Å². The molecule has 12 aromatic rings. The van der Waals surface area contributed by atoms with Gasteiger partial charge in [0.25, 0.3) is 0 Å². The molecular weight excluding hydrogens is 815 g/mol. The summed E-state index contributed by atoms with van der Waals surface area (Å²) in [7, 11) is 0. The Kier molecular flexibility index (Phi) is 10.1. The quantitative estimate of drug-likeness (QED) is 0.145. The van der Waals surface area contributed by atoms with Crippen LogP contribution in [0.3, 0.4) is 0 Å². The Morgan fingerprint density at radius 3 is 1.27 bits per heavy atom. The normalized spacial score (nSPS) is 11.3. The molecule has 0 amide bonds. The van der Waals surface area contributed by atoms with Gasteiger partial charge < -0.3 is 0 Å². The molecule has 0 radical (unpaired) electrons. The van der Waals surface area contributed by atoms with Crippen LogP contribution in [0.5, 0.6) is 0 Å². The second-order valence-electron chi connectivity index (χ2n) is 16.7. The van der Waals surface area contributed by atoms with Crippen LogP contribution < -0.4 is 0 Å². The summed E-state index contributed by atoms with van der Waals surface area (Å²) in [5, 5.41) is 7.65. The average molecular weight is 856 g/mol. The third-order valence-electron chi connectivity index (χ3n) is 12.4. The van der Waals surface area contributed by atoms with E-state index in [-0.39, 0.29) is 0 Å². The fourth-order valence-electron chi connectivity index (χ4n) is 9.16. The molecule has 0 N–H and O–H groups in total. The molecule has 0 aliphatic heterocycles. The van der Waals surface area contributed by atoms with Gasteiger partial charge in [0.05, 0.1) is 11.2 Å². The molecule has 0 spiro atoms. The smallest absolute Gasteiger partial charge is 0.164 e. The lowest BCUT2D eigenvalue weighted by molar-refractivity contribution is 0.979. The molecule has 5 nitrogen and oxygen atoms in total. The number of hydrogen-bond donors (Lipinski definition) is 0. The van der Waals surface area contributed by atoms with Crippen molar-refractivity contribution in [1.82, 2.24) is 24.6 Å². The summed E-state index contributed by atoms with van der Waals surface area (Å²) >= 11 is 0. The number of aromatic nitrogens is 5. The zero-order chi connectivity index (χ0) is 44.5. The maximum Gasteiger partial charge on any atom is 0.164 e. The topological polar surface area (TPSA) is 56.0 Å². The van der Waals surface area contributed by atoms with Crippen molar-refractivity contribution in [2.75, 3.05) is 0 Å². The lowest BCUT2D eigenvalue weighted by Gasteiger charge is -2.13.